The normalized spacial score (nSPS) is 12.9. The number of ether oxygens (including phenoxy) is 1. The van der Waals surface area contributed by atoms with Crippen molar-refractivity contribution in [3.05, 3.63) is 21.8 Å². The van der Waals surface area contributed by atoms with Crippen LogP contribution < -0.4 is 15.6 Å². The number of amides is 1. The number of nitrogens with one attached hydrogen (secondary N) is 1. The molecule has 20 heavy (non-hydrogen) atoms. The average Bonchev–Trinajstić information content (AvgIpc) is 2.38. The van der Waals surface area contributed by atoms with Crippen molar-refractivity contribution in [1.29, 1.82) is 0 Å². The highest BCUT2D eigenvalue weighted by Gasteiger charge is 2.24. The quantitative estimate of drug-likeness (QED) is 0.841. The van der Waals surface area contributed by atoms with Crippen LogP contribution in [0.25, 0.3) is 0 Å². The molecule has 0 bridgehead atoms. The van der Waals surface area contributed by atoms with Crippen LogP contribution in [-0.2, 0) is 4.79 Å². The van der Waals surface area contributed by atoms with Crippen molar-refractivity contribution in [3.63, 3.8) is 0 Å². The third-order valence-corrected chi connectivity index (χ3v) is 3.53. The van der Waals surface area contributed by atoms with Crippen LogP contribution in [-0.4, -0.2) is 28.1 Å². The highest BCUT2D eigenvalue weighted by Crippen LogP contribution is 2.17. The van der Waals surface area contributed by atoms with Crippen LogP contribution in [0.15, 0.2) is 11.1 Å². The van der Waals surface area contributed by atoms with Crippen molar-refractivity contribution < 1.29 is 9.53 Å². The van der Waals surface area contributed by atoms with Crippen molar-refractivity contribution in [3.8, 4) is 5.75 Å². The van der Waals surface area contributed by atoms with E-state index in [0.717, 1.165) is 6.42 Å². The van der Waals surface area contributed by atoms with Crippen LogP contribution in [0.2, 0.25) is 5.15 Å². The summed E-state index contributed by atoms with van der Waals surface area (Å²) >= 11 is 5.76. The molecule has 1 atom stereocenters. The Labute approximate surface area is 123 Å². The van der Waals surface area contributed by atoms with Crippen molar-refractivity contribution in [2.75, 3.05) is 7.11 Å². The molecule has 0 spiro atoms. The zero-order valence-corrected chi connectivity index (χ0v) is 13.1. The lowest BCUT2D eigenvalue weighted by Crippen LogP contribution is -2.46. The second kappa shape index (κ2) is 6.26. The standard InChI is InChI=1S/C13H20ClN3O3/c1-6-13(3,4)16-11(18)8(2)17-7-15-10(14)9(20-5)12(17)19/h7-8H,6H2,1-5H3,(H,16,18). The zero-order chi connectivity index (χ0) is 15.5. The Balaban J connectivity index is 3.07. The van der Waals surface area contributed by atoms with Crippen LogP contribution in [0.1, 0.15) is 40.2 Å². The minimum atomic E-state index is -0.702. The second-order valence-electron chi connectivity index (χ2n) is 5.18. The number of hydrogen-bond donors (Lipinski definition) is 1. The molecule has 112 valence electrons. The maximum atomic E-state index is 12.2. The van der Waals surface area contributed by atoms with Gasteiger partial charge in [-0.1, -0.05) is 18.5 Å². The number of rotatable bonds is 5. The van der Waals surface area contributed by atoms with Gasteiger partial charge in [0.1, 0.15) is 12.4 Å². The summed E-state index contributed by atoms with van der Waals surface area (Å²) < 4.78 is 6.11. The van der Waals surface area contributed by atoms with Crippen molar-refractivity contribution >= 4 is 17.5 Å². The van der Waals surface area contributed by atoms with Gasteiger partial charge in [0.25, 0.3) is 5.56 Å². The highest BCUT2D eigenvalue weighted by molar-refractivity contribution is 6.30. The Bertz CT molecular complexity index is 554. The number of aromatic nitrogens is 2. The molecule has 1 unspecified atom stereocenters. The van der Waals surface area contributed by atoms with E-state index in [4.69, 9.17) is 16.3 Å². The van der Waals surface area contributed by atoms with Gasteiger partial charge in [0.2, 0.25) is 11.7 Å². The van der Waals surface area contributed by atoms with E-state index in [0.29, 0.717) is 0 Å². The van der Waals surface area contributed by atoms with Crippen LogP contribution >= 0.6 is 11.6 Å². The summed E-state index contributed by atoms with van der Waals surface area (Å²) in [6, 6.07) is -0.702. The number of carbonyl (C=O) groups is 1. The molecule has 1 N–H and O–H groups in total. The molecule has 0 radical (unpaired) electrons. The van der Waals surface area contributed by atoms with Crippen molar-refractivity contribution in [1.82, 2.24) is 14.9 Å². The fourth-order valence-electron chi connectivity index (χ4n) is 1.53. The summed E-state index contributed by atoms with van der Waals surface area (Å²) in [5, 5.41) is 2.86. The zero-order valence-electron chi connectivity index (χ0n) is 12.4. The molecule has 1 aromatic rings. The Morgan fingerprint density at radius 3 is 2.70 bits per heavy atom. The first-order chi connectivity index (χ1) is 9.23. The number of hydrogen-bond acceptors (Lipinski definition) is 4. The summed E-state index contributed by atoms with van der Waals surface area (Å²) in [6.07, 6.45) is 2.03. The van der Waals surface area contributed by atoms with Gasteiger partial charge >= 0.3 is 0 Å². The minimum absolute atomic E-state index is 0.0183. The molecule has 0 aliphatic carbocycles. The van der Waals surface area contributed by atoms with E-state index < -0.39 is 11.6 Å². The summed E-state index contributed by atoms with van der Waals surface area (Å²) in [5.41, 5.74) is -0.816. The van der Waals surface area contributed by atoms with Gasteiger partial charge in [0.15, 0.2) is 5.15 Å². The number of carbonyl (C=O) groups excluding carboxylic acids is 1. The minimum Gasteiger partial charge on any atom is -0.489 e. The molecule has 7 heteroatoms. The van der Waals surface area contributed by atoms with Gasteiger partial charge in [-0.3, -0.25) is 14.2 Å². The smallest absolute Gasteiger partial charge is 0.298 e. The number of nitrogens with zero attached hydrogens (tertiary/aromatic N) is 2. The van der Waals surface area contributed by atoms with E-state index in [1.54, 1.807) is 6.92 Å². The van der Waals surface area contributed by atoms with Gasteiger partial charge < -0.3 is 10.1 Å². The van der Waals surface area contributed by atoms with Crippen molar-refractivity contribution in [2.45, 2.75) is 45.7 Å². The molecule has 0 fully saturated rings. The molecule has 6 nitrogen and oxygen atoms in total. The third-order valence-electron chi connectivity index (χ3n) is 3.26. The summed E-state index contributed by atoms with van der Waals surface area (Å²) in [7, 11) is 1.33. The topological polar surface area (TPSA) is 73.2 Å². The van der Waals surface area contributed by atoms with Gasteiger partial charge in [0.05, 0.1) is 7.11 Å². The highest BCUT2D eigenvalue weighted by atomic mass is 35.5. The number of halogens is 1. The van der Waals surface area contributed by atoms with Gasteiger partial charge in [-0.25, -0.2) is 4.98 Å². The average molecular weight is 302 g/mol. The van der Waals surface area contributed by atoms with Gasteiger partial charge in [-0.15, -0.1) is 0 Å². The van der Waals surface area contributed by atoms with Crippen molar-refractivity contribution in [2.24, 2.45) is 0 Å². The molecule has 1 aromatic heterocycles. The Morgan fingerprint density at radius 2 is 2.20 bits per heavy atom. The molecule has 0 aromatic carbocycles. The predicted octanol–water partition coefficient (Wildman–Crippen LogP) is 1.77. The third kappa shape index (κ3) is 3.50. The monoisotopic (exact) mass is 301 g/mol. The van der Waals surface area contributed by atoms with Crippen LogP contribution in [0.3, 0.4) is 0 Å². The first-order valence-electron chi connectivity index (χ1n) is 6.36. The van der Waals surface area contributed by atoms with E-state index in [2.05, 4.69) is 10.3 Å². The Kier molecular flexibility index (Phi) is 5.16. The molecule has 1 heterocycles. The molecule has 0 saturated carbocycles. The lowest BCUT2D eigenvalue weighted by molar-refractivity contribution is -0.125. The second-order valence-corrected chi connectivity index (χ2v) is 5.54. The van der Waals surface area contributed by atoms with Gasteiger partial charge in [0, 0.05) is 5.54 Å². The molecule has 0 saturated heterocycles. The first kappa shape index (κ1) is 16.5. The van der Waals surface area contributed by atoms with E-state index in [1.807, 2.05) is 20.8 Å². The largest absolute Gasteiger partial charge is 0.489 e. The summed E-state index contributed by atoms with van der Waals surface area (Å²) in [5.74, 6) is -0.325. The lowest BCUT2D eigenvalue weighted by Gasteiger charge is -2.27. The maximum Gasteiger partial charge on any atom is 0.298 e. The van der Waals surface area contributed by atoms with E-state index >= 15 is 0 Å². The van der Waals surface area contributed by atoms with E-state index in [-0.39, 0.29) is 22.3 Å². The summed E-state index contributed by atoms with van der Waals surface area (Å²) in [4.78, 5) is 28.2. The SMILES string of the molecule is CCC(C)(C)NC(=O)C(C)n1cnc(Cl)c(OC)c1=O. The molecule has 1 rings (SSSR count). The fourth-order valence-corrected chi connectivity index (χ4v) is 1.73. The molecular formula is C13H20ClN3O3. The number of methoxy groups -OCH3 is 1. The Hall–Kier alpha value is -1.56. The fraction of sp³-hybridized carbons (Fsp3) is 0.615. The van der Waals surface area contributed by atoms with E-state index in [1.165, 1.54) is 18.0 Å². The van der Waals surface area contributed by atoms with E-state index in [9.17, 15) is 9.59 Å². The summed E-state index contributed by atoms with van der Waals surface area (Å²) in [6.45, 7) is 7.43. The van der Waals surface area contributed by atoms with Gasteiger partial charge in [-0.05, 0) is 27.2 Å². The predicted molar refractivity (Wildman–Crippen MR) is 77.3 cm³/mol. The molecule has 1 amide bonds. The molecular weight excluding hydrogens is 282 g/mol. The molecule has 0 aliphatic heterocycles. The Morgan fingerprint density at radius 1 is 1.60 bits per heavy atom. The van der Waals surface area contributed by atoms with Crippen LogP contribution in [0.4, 0.5) is 0 Å². The van der Waals surface area contributed by atoms with Gasteiger partial charge in [-0.2, -0.15) is 0 Å². The lowest BCUT2D eigenvalue weighted by atomic mass is 10.0. The van der Waals surface area contributed by atoms with Crippen LogP contribution in [0, 0.1) is 0 Å². The first-order valence-corrected chi connectivity index (χ1v) is 6.74. The van der Waals surface area contributed by atoms with Crippen LogP contribution in [0.5, 0.6) is 5.75 Å². The molecule has 0 aliphatic rings. The maximum absolute atomic E-state index is 12.2.